The van der Waals surface area contributed by atoms with Crippen LogP contribution in [0.2, 0.25) is 5.02 Å². The molecule has 0 bridgehead atoms. The third-order valence-corrected chi connectivity index (χ3v) is 4.61. The summed E-state index contributed by atoms with van der Waals surface area (Å²) in [5, 5.41) is 14.8. The van der Waals surface area contributed by atoms with Gasteiger partial charge in [-0.3, -0.25) is 9.36 Å². The van der Waals surface area contributed by atoms with Crippen LogP contribution in [-0.2, 0) is 7.05 Å². The maximum atomic E-state index is 6.24. The standard InChI is InChI=1S/C14H15ClN8/c1-7-11(15)8(2)23(19-7)9(3)12-18-14-10-5-17-21(4)13(10)16-6-22(14)20-12/h5-6,9H,1-4H3. The van der Waals surface area contributed by atoms with Crippen LogP contribution in [0.15, 0.2) is 12.5 Å². The summed E-state index contributed by atoms with van der Waals surface area (Å²) in [6.07, 6.45) is 3.40. The predicted molar refractivity (Wildman–Crippen MR) is 85.6 cm³/mol. The zero-order valence-corrected chi connectivity index (χ0v) is 13.9. The van der Waals surface area contributed by atoms with Crippen molar-refractivity contribution in [2.45, 2.75) is 26.8 Å². The first kappa shape index (κ1) is 14.1. The van der Waals surface area contributed by atoms with Gasteiger partial charge in [0.25, 0.3) is 0 Å². The van der Waals surface area contributed by atoms with Crippen LogP contribution < -0.4 is 0 Å². The van der Waals surface area contributed by atoms with Gasteiger partial charge in [0.15, 0.2) is 17.1 Å². The normalized spacial score (nSPS) is 13.3. The fourth-order valence-corrected chi connectivity index (χ4v) is 2.89. The lowest BCUT2D eigenvalue weighted by atomic mass is 10.3. The van der Waals surface area contributed by atoms with E-state index in [0.29, 0.717) is 10.8 Å². The molecule has 8 nitrogen and oxygen atoms in total. The lowest BCUT2D eigenvalue weighted by Crippen LogP contribution is -2.12. The van der Waals surface area contributed by atoms with Crippen LogP contribution in [0.1, 0.15) is 30.2 Å². The summed E-state index contributed by atoms with van der Waals surface area (Å²) in [6, 6.07) is -0.132. The molecule has 0 amide bonds. The Kier molecular flexibility index (Phi) is 2.92. The zero-order valence-electron chi connectivity index (χ0n) is 13.2. The molecule has 0 aliphatic heterocycles. The van der Waals surface area contributed by atoms with Crippen LogP contribution in [-0.4, -0.2) is 39.1 Å². The second-order valence-corrected chi connectivity index (χ2v) is 5.97. The molecule has 4 heterocycles. The van der Waals surface area contributed by atoms with E-state index in [9.17, 15) is 0 Å². The van der Waals surface area contributed by atoms with Gasteiger partial charge in [-0.25, -0.2) is 14.5 Å². The van der Waals surface area contributed by atoms with Crippen LogP contribution in [0.3, 0.4) is 0 Å². The monoisotopic (exact) mass is 330 g/mol. The second-order valence-electron chi connectivity index (χ2n) is 5.59. The zero-order chi connectivity index (χ0) is 16.3. The highest BCUT2D eigenvalue weighted by Crippen LogP contribution is 2.25. The molecular weight excluding hydrogens is 316 g/mol. The predicted octanol–water partition coefficient (Wildman–Crippen LogP) is 2.09. The summed E-state index contributed by atoms with van der Waals surface area (Å²) < 4.78 is 5.23. The highest BCUT2D eigenvalue weighted by Gasteiger charge is 2.20. The fraction of sp³-hybridized carbons (Fsp3) is 0.357. The Hall–Kier alpha value is -2.48. The molecule has 0 saturated heterocycles. The van der Waals surface area contributed by atoms with E-state index in [2.05, 4.69) is 25.3 Å². The molecule has 0 spiro atoms. The van der Waals surface area contributed by atoms with Gasteiger partial charge < -0.3 is 0 Å². The molecule has 0 aliphatic rings. The molecule has 0 aromatic carbocycles. The number of nitrogens with zero attached hydrogens (tertiary/aromatic N) is 8. The highest BCUT2D eigenvalue weighted by atomic mass is 35.5. The summed E-state index contributed by atoms with van der Waals surface area (Å²) in [7, 11) is 1.85. The van der Waals surface area contributed by atoms with Gasteiger partial charge in [0.2, 0.25) is 0 Å². The summed E-state index contributed by atoms with van der Waals surface area (Å²) in [4.78, 5) is 9.03. The Balaban J connectivity index is 1.88. The Morgan fingerprint density at radius 1 is 1.17 bits per heavy atom. The van der Waals surface area contributed by atoms with Crippen molar-refractivity contribution in [3.63, 3.8) is 0 Å². The second kappa shape index (κ2) is 4.76. The van der Waals surface area contributed by atoms with E-state index in [0.717, 1.165) is 28.1 Å². The van der Waals surface area contributed by atoms with Gasteiger partial charge >= 0.3 is 0 Å². The first-order chi connectivity index (χ1) is 11.0. The molecule has 4 aromatic heterocycles. The molecule has 0 saturated carbocycles. The van der Waals surface area contributed by atoms with Crippen molar-refractivity contribution >= 4 is 28.3 Å². The molecule has 0 fully saturated rings. The van der Waals surface area contributed by atoms with E-state index in [1.807, 2.05) is 32.5 Å². The van der Waals surface area contributed by atoms with E-state index in [-0.39, 0.29) is 6.04 Å². The van der Waals surface area contributed by atoms with Crippen LogP contribution in [0.5, 0.6) is 0 Å². The molecular formula is C14H15ClN8. The van der Waals surface area contributed by atoms with Crippen LogP contribution in [0, 0.1) is 13.8 Å². The van der Waals surface area contributed by atoms with Gasteiger partial charge in [-0.15, -0.1) is 5.10 Å². The average Bonchev–Trinajstić information content (AvgIpc) is 3.19. The maximum absolute atomic E-state index is 6.24. The van der Waals surface area contributed by atoms with E-state index in [4.69, 9.17) is 11.6 Å². The van der Waals surface area contributed by atoms with Gasteiger partial charge in [0.05, 0.1) is 28.0 Å². The first-order valence-electron chi connectivity index (χ1n) is 7.21. The fourth-order valence-electron chi connectivity index (χ4n) is 2.76. The van der Waals surface area contributed by atoms with Crippen molar-refractivity contribution < 1.29 is 0 Å². The van der Waals surface area contributed by atoms with Crippen molar-refractivity contribution in [2.75, 3.05) is 0 Å². The molecule has 0 aliphatic carbocycles. The van der Waals surface area contributed by atoms with E-state index < -0.39 is 0 Å². The van der Waals surface area contributed by atoms with Crippen molar-refractivity contribution in [1.29, 1.82) is 0 Å². The van der Waals surface area contributed by atoms with Gasteiger partial charge in [0, 0.05) is 7.05 Å². The molecule has 1 unspecified atom stereocenters. The van der Waals surface area contributed by atoms with Crippen molar-refractivity contribution in [1.82, 2.24) is 39.1 Å². The molecule has 0 N–H and O–H groups in total. The molecule has 23 heavy (non-hydrogen) atoms. The largest absolute Gasteiger partial charge is 0.258 e. The van der Waals surface area contributed by atoms with Crippen molar-refractivity contribution in [2.24, 2.45) is 7.05 Å². The Bertz CT molecular complexity index is 1040. The summed E-state index contributed by atoms with van der Waals surface area (Å²) in [6.45, 7) is 5.83. The average molecular weight is 331 g/mol. The Morgan fingerprint density at radius 2 is 1.96 bits per heavy atom. The molecule has 1 atom stereocenters. The third-order valence-electron chi connectivity index (χ3n) is 4.06. The Labute approximate surface area is 136 Å². The molecule has 0 radical (unpaired) electrons. The Morgan fingerprint density at radius 3 is 2.65 bits per heavy atom. The van der Waals surface area contributed by atoms with Gasteiger partial charge in [-0.05, 0) is 20.8 Å². The van der Waals surface area contributed by atoms with Crippen molar-refractivity contribution in [3.05, 3.63) is 34.8 Å². The molecule has 9 heteroatoms. The number of hydrogen-bond acceptors (Lipinski definition) is 5. The topological polar surface area (TPSA) is 78.7 Å². The first-order valence-corrected chi connectivity index (χ1v) is 7.59. The third kappa shape index (κ3) is 1.94. The lowest BCUT2D eigenvalue weighted by molar-refractivity contribution is 0.520. The minimum absolute atomic E-state index is 0.132. The molecule has 118 valence electrons. The maximum Gasteiger partial charge on any atom is 0.176 e. The number of hydrogen-bond donors (Lipinski definition) is 0. The number of halogens is 1. The molecule has 4 aromatic rings. The number of aryl methyl sites for hydroxylation is 2. The van der Waals surface area contributed by atoms with E-state index in [1.54, 1.807) is 21.7 Å². The number of fused-ring (bicyclic) bond motifs is 3. The van der Waals surface area contributed by atoms with Gasteiger partial charge in [0.1, 0.15) is 12.4 Å². The summed E-state index contributed by atoms with van der Waals surface area (Å²) >= 11 is 6.24. The van der Waals surface area contributed by atoms with E-state index in [1.165, 1.54) is 0 Å². The highest BCUT2D eigenvalue weighted by molar-refractivity contribution is 6.31. The van der Waals surface area contributed by atoms with Crippen LogP contribution in [0.4, 0.5) is 0 Å². The minimum Gasteiger partial charge on any atom is -0.258 e. The van der Waals surface area contributed by atoms with Crippen molar-refractivity contribution in [3.8, 4) is 0 Å². The smallest absolute Gasteiger partial charge is 0.176 e. The lowest BCUT2D eigenvalue weighted by Gasteiger charge is -2.10. The molecule has 4 rings (SSSR count). The quantitative estimate of drug-likeness (QED) is 0.562. The number of aromatic nitrogens is 8. The minimum atomic E-state index is -0.132. The summed E-state index contributed by atoms with van der Waals surface area (Å²) in [5.74, 6) is 0.658. The summed E-state index contributed by atoms with van der Waals surface area (Å²) in [5.41, 5.74) is 3.21. The van der Waals surface area contributed by atoms with Gasteiger partial charge in [-0.1, -0.05) is 11.6 Å². The van der Waals surface area contributed by atoms with Gasteiger partial charge in [-0.2, -0.15) is 10.2 Å². The van der Waals surface area contributed by atoms with E-state index >= 15 is 0 Å². The number of rotatable bonds is 2. The van der Waals surface area contributed by atoms with Crippen LogP contribution in [0.25, 0.3) is 16.7 Å². The SMILES string of the molecule is Cc1nn(C(C)c2nc3c4cnn(C)c4ncn3n2)c(C)c1Cl. The van der Waals surface area contributed by atoms with Crippen LogP contribution >= 0.6 is 11.6 Å².